The van der Waals surface area contributed by atoms with Crippen molar-refractivity contribution in [1.29, 1.82) is 0 Å². The average molecular weight is 675 g/mol. The normalized spacial score (nSPS) is 11.8. The lowest BCUT2D eigenvalue weighted by Gasteiger charge is -2.16. The van der Waals surface area contributed by atoms with Gasteiger partial charge in [-0.25, -0.2) is 15.0 Å². The first-order chi connectivity index (χ1) is 26.2. The molecule has 0 saturated carbocycles. The second-order valence-corrected chi connectivity index (χ2v) is 13.7. The zero-order chi connectivity index (χ0) is 34.9. The van der Waals surface area contributed by atoms with Crippen LogP contribution in [0.1, 0.15) is 0 Å². The maximum atomic E-state index is 5.32. The molecule has 2 heterocycles. The summed E-state index contributed by atoms with van der Waals surface area (Å²) in [6.07, 6.45) is 0. The molecule has 0 saturated heterocycles. The van der Waals surface area contributed by atoms with E-state index in [1.165, 1.54) is 32.3 Å². The predicted molar refractivity (Wildman–Crippen MR) is 220 cm³/mol. The van der Waals surface area contributed by atoms with Crippen molar-refractivity contribution in [3.8, 4) is 39.9 Å². The SMILES string of the molecule is c1ccc2cc(-c3nc(-c4ccc5ccccc5c4)nc(-c4cc5ccccc5cc4-n4c5ccccc5c5cc6ccccc6cc54)n3)ccc2c1. The molecule has 4 nitrogen and oxygen atoms in total. The molecule has 2 aromatic heterocycles. The number of rotatable bonds is 4. The van der Waals surface area contributed by atoms with Gasteiger partial charge in [-0.05, 0) is 85.6 Å². The molecule has 0 aliphatic rings. The van der Waals surface area contributed by atoms with E-state index in [1.54, 1.807) is 0 Å². The van der Waals surface area contributed by atoms with E-state index in [2.05, 4.69) is 187 Å². The minimum absolute atomic E-state index is 0.624. The fourth-order valence-corrected chi connectivity index (χ4v) is 7.92. The van der Waals surface area contributed by atoms with E-state index in [0.29, 0.717) is 17.5 Å². The van der Waals surface area contributed by atoms with E-state index in [-0.39, 0.29) is 0 Å². The van der Waals surface area contributed by atoms with Crippen LogP contribution in [0.3, 0.4) is 0 Å². The van der Waals surface area contributed by atoms with Gasteiger partial charge in [-0.15, -0.1) is 0 Å². The molecule has 0 spiro atoms. The maximum Gasteiger partial charge on any atom is 0.166 e. The molecule has 0 unspecified atom stereocenters. The van der Waals surface area contributed by atoms with Crippen molar-refractivity contribution in [3.05, 3.63) is 182 Å². The molecule has 0 amide bonds. The summed E-state index contributed by atoms with van der Waals surface area (Å²) in [5.74, 6) is 1.89. The van der Waals surface area contributed by atoms with Gasteiger partial charge >= 0.3 is 0 Å². The van der Waals surface area contributed by atoms with Crippen LogP contribution in [0.2, 0.25) is 0 Å². The second-order valence-electron chi connectivity index (χ2n) is 13.7. The molecular weight excluding hydrogens is 645 g/mol. The molecular formula is C49H30N4. The number of para-hydroxylation sites is 1. The fraction of sp³-hybridized carbons (Fsp3) is 0. The number of benzene rings is 9. The van der Waals surface area contributed by atoms with Crippen LogP contribution in [0.15, 0.2) is 182 Å². The summed E-state index contributed by atoms with van der Waals surface area (Å²) in [6, 6.07) is 64.7. The summed E-state index contributed by atoms with van der Waals surface area (Å²) in [7, 11) is 0. The first-order valence-electron chi connectivity index (χ1n) is 17.9. The number of aromatic nitrogens is 4. The first-order valence-corrected chi connectivity index (χ1v) is 17.9. The van der Waals surface area contributed by atoms with Crippen molar-refractivity contribution in [2.75, 3.05) is 0 Å². The molecule has 0 radical (unpaired) electrons. The molecule has 0 aliphatic carbocycles. The summed E-state index contributed by atoms with van der Waals surface area (Å²) in [5.41, 5.74) is 6.12. The topological polar surface area (TPSA) is 43.6 Å². The summed E-state index contributed by atoms with van der Waals surface area (Å²) in [4.78, 5) is 15.8. The van der Waals surface area contributed by atoms with Crippen molar-refractivity contribution in [1.82, 2.24) is 19.5 Å². The monoisotopic (exact) mass is 674 g/mol. The Bertz CT molecular complexity index is 3150. The van der Waals surface area contributed by atoms with Gasteiger partial charge in [-0.3, -0.25) is 0 Å². The molecule has 9 aromatic carbocycles. The highest BCUT2D eigenvalue weighted by Crippen LogP contribution is 2.40. The van der Waals surface area contributed by atoms with E-state index in [4.69, 9.17) is 15.0 Å². The molecule has 0 aliphatic heterocycles. The third kappa shape index (κ3) is 4.88. The molecule has 0 fully saturated rings. The summed E-state index contributed by atoms with van der Waals surface area (Å²) < 4.78 is 2.40. The van der Waals surface area contributed by atoms with Gasteiger partial charge in [-0.1, -0.05) is 140 Å². The van der Waals surface area contributed by atoms with Crippen LogP contribution in [-0.2, 0) is 0 Å². The lowest BCUT2D eigenvalue weighted by atomic mass is 10.0. The minimum Gasteiger partial charge on any atom is -0.308 e. The number of hydrogen-bond donors (Lipinski definition) is 0. The lowest BCUT2D eigenvalue weighted by Crippen LogP contribution is -2.04. The average Bonchev–Trinajstić information content (AvgIpc) is 3.54. The van der Waals surface area contributed by atoms with Crippen molar-refractivity contribution in [3.63, 3.8) is 0 Å². The molecule has 246 valence electrons. The standard InChI is InChI=1S/C49H30N4/c1-3-13-33-25-39(23-21-31(33)11-1)47-50-48(40-24-22-32-12-2-4-14-34(32)26-40)52-49(51-47)43-28-36-16-6-8-18-38(36)30-46(43)53-44-20-10-9-19-41(44)42-27-35-15-5-7-17-37(35)29-45(42)53/h1-30H. The molecule has 11 rings (SSSR count). The second kappa shape index (κ2) is 11.7. The fourth-order valence-electron chi connectivity index (χ4n) is 7.92. The number of fused-ring (bicyclic) bond motifs is 7. The smallest absolute Gasteiger partial charge is 0.166 e. The van der Waals surface area contributed by atoms with Gasteiger partial charge in [-0.2, -0.15) is 0 Å². The Morgan fingerprint density at radius 1 is 0.302 bits per heavy atom. The Hall–Kier alpha value is -7.17. The van der Waals surface area contributed by atoms with Gasteiger partial charge in [0.2, 0.25) is 0 Å². The van der Waals surface area contributed by atoms with Gasteiger partial charge < -0.3 is 4.57 Å². The highest BCUT2D eigenvalue weighted by Gasteiger charge is 2.21. The largest absolute Gasteiger partial charge is 0.308 e. The van der Waals surface area contributed by atoms with Crippen LogP contribution in [-0.4, -0.2) is 19.5 Å². The highest BCUT2D eigenvalue weighted by molar-refractivity contribution is 6.14. The van der Waals surface area contributed by atoms with Gasteiger partial charge in [0.05, 0.1) is 16.7 Å². The van der Waals surface area contributed by atoms with Crippen LogP contribution in [0.4, 0.5) is 0 Å². The van der Waals surface area contributed by atoms with E-state index in [0.717, 1.165) is 55.0 Å². The Kier molecular flexibility index (Phi) is 6.52. The van der Waals surface area contributed by atoms with Crippen LogP contribution in [0.5, 0.6) is 0 Å². The van der Waals surface area contributed by atoms with Crippen LogP contribution in [0, 0.1) is 0 Å². The molecule has 0 atom stereocenters. The molecule has 53 heavy (non-hydrogen) atoms. The quantitative estimate of drug-likeness (QED) is 0.187. The Morgan fingerprint density at radius 3 is 1.36 bits per heavy atom. The molecule has 4 heteroatoms. The van der Waals surface area contributed by atoms with Crippen molar-refractivity contribution in [2.45, 2.75) is 0 Å². The molecule has 11 aromatic rings. The zero-order valence-corrected chi connectivity index (χ0v) is 28.6. The Labute approximate surface area is 305 Å². The highest BCUT2D eigenvalue weighted by atomic mass is 15.1. The van der Waals surface area contributed by atoms with E-state index < -0.39 is 0 Å². The molecule has 0 bridgehead atoms. The van der Waals surface area contributed by atoms with E-state index in [9.17, 15) is 0 Å². The lowest BCUT2D eigenvalue weighted by molar-refractivity contribution is 1.07. The van der Waals surface area contributed by atoms with Crippen LogP contribution >= 0.6 is 0 Å². The third-order valence-electron chi connectivity index (χ3n) is 10.5. The number of hydrogen-bond acceptors (Lipinski definition) is 3. The zero-order valence-electron chi connectivity index (χ0n) is 28.6. The Morgan fingerprint density at radius 2 is 0.755 bits per heavy atom. The van der Waals surface area contributed by atoms with Gasteiger partial charge in [0.1, 0.15) is 0 Å². The first kappa shape index (κ1) is 29.5. The number of nitrogens with zero attached hydrogens (tertiary/aromatic N) is 4. The van der Waals surface area contributed by atoms with Crippen molar-refractivity contribution < 1.29 is 0 Å². The van der Waals surface area contributed by atoms with Crippen LogP contribution in [0.25, 0.3) is 105 Å². The minimum atomic E-state index is 0.624. The van der Waals surface area contributed by atoms with E-state index >= 15 is 0 Å². The van der Waals surface area contributed by atoms with Crippen LogP contribution < -0.4 is 0 Å². The van der Waals surface area contributed by atoms with Gasteiger partial charge in [0.25, 0.3) is 0 Å². The van der Waals surface area contributed by atoms with Crippen molar-refractivity contribution in [2.24, 2.45) is 0 Å². The van der Waals surface area contributed by atoms with Crippen molar-refractivity contribution >= 4 is 64.9 Å². The predicted octanol–water partition coefficient (Wildman–Crippen LogP) is 12.6. The Balaban J connectivity index is 1.23. The van der Waals surface area contributed by atoms with E-state index in [1.807, 2.05) is 0 Å². The summed E-state index contributed by atoms with van der Waals surface area (Å²) in [6.45, 7) is 0. The summed E-state index contributed by atoms with van der Waals surface area (Å²) in [5, 5.41) is 11.7. The maximum absolute atomic E-state index is 5.32. The van der Waals surface area contributed by atoms with Gasteiger partial charge in [0, 0.05) is 27.5 Å². The van der Waals surface area contributed by atoms with Gasteiger partial charge in [0.15, 0.2) is 17.5 Å². The summed E-state index contributed by atoms with van der Waals surface area (Å²) >= 11 is 0. The molecule has 0 N–H and O–H groups in total. The third-order valence-corrected chi connectivity index (χ3v) is 10.5.